The lowest BCUT2D eigenvalue weighted by Gasteiger charge is -2.50. The molecule has 3 aliphatic rings. The summed E-state index contributed by atoms with van der Waals surface area (Å²) >= 11 is 0. The van der Waals surface area contributed by atoms with Crippen molar-refractivity contribution < 1.29 is 19.4 Å². The third kappa shape index (κ3) is 3.28. The quantitative estimate of drug-likeness (QED) is 0.816. The van der Waals surface area contributed by atoms with Gasteiger partial charge in [0.2, 0.25) is 0 Å². The summed E-state index contributed by atoms with van der Waals surface area (Å²) in [5, 5.41) is 12.1. The van der Waals surface area contributed by atoms with Gasteiger partial charge in [0.15, 0.2) is 0 Å². The van der Waals surface area contributed by atoms with Crippen LogP contribution in [0.15, 0.2) is 30.5 Å². The highest BCUT2D eigenvalue weighted by molar-refractivity contribution is 5.84. The number of hydrogen-bond donors (Lipinski definition) is 1. The molecule has 144 valence electrons. The van der Waals surface area contributed by atoms with E-state index in [1.54, 1.807) is 13.3 Å². The third-order valence-corrected chi connectivity index (χ3v) is 6.06. The van der Waals surface area contributed by atoms with Gasteiger partial charge in [0.25, 0.3) is 0 Å². The van der Waals surface area contributed by atoms with Crippen LogP contribution >= 0.6 is 0 Å². The van der Waals surface area contributed by atoms with Gasteiger partial charge in [-0.2, -0.15) is 0 Å². The molecule has 2 aromatic rings. The molecule has 1 unspecified atom stereocenters. The number of rotatable bonds is 5. The lowest BCUT2D eigenvalue weighted by Crippen LogP contribution is -2.57. The van der Waals surface area contributed by atoms with Crippen LogP contribution < -0.4 is 4.74 Å². The maximum Gasteiger partial charge on any atom is 0.310 e. The number of nitrogens with zero attached hydrogens (tertiary/aromatic N) is 2. The predicted molar refractivity (Wildman–Crippen MR) is 101 cm³/mol. The van der Waals surface area contributed by atoms with E-state index in [0.29, 0.717) is 13.2 Å². The van der Waals surface area contributed by atoms with Crippen molar-refractivity contribution in [2.75, 3.05) is 26.8 Å². The first-order valence-electron chi connectivity index (χ1n) is 9.63. The van der Waals surface area contributed by atoms with Crippen LogP contribution in [0.5, 0.6) is 5.75 Å². The van der Waals surface area contributed by atoms with Gasteiger partial charge in [0.05, 0.1) is 31.3 Å². The van der Waals surface area contributed by atoms with E-state index in [9.17, 15) is 9.90 Å². The summed E-state index contributed by atoms with van der Waals surface area (Å²) in [5.41, 5.74) is 1.71. The largest absolute Gasteiger partial charge is 0.497 e. The highest BCUT2D eigenvalue weighted by Gasteiger charge is 2.46. The summed E-state index contributed by atoms with van der Waals surface area (Å²) in [7, 11) is 1.63. The fourth-order valence-corrected chi connectivity index (χ4v) is 4.65. The molecule has 1 aromatic heterocycles. The Morgan fingerprint density at radius 3 is 2.96 bits per heavy atom. The molecular formula is C21H26N2O4. The second kappa shape index (κ2) is 7.44. The summed E-state index contributed by atoms with van der Waals surface area (Å²) in [4.78, 5) is 18.9. The molecule has 0 radical (unpaired) electrons. The number of carbonyl (C=O) groups excluding carboxylic acids is 1. The molecule has 4 heterocycles. The normalized spacial score (nSPS) is 28.1. The van der Waals surface area contributed by atoms with Gasteiger partial charge in [0.1, 0.15) is 5.75 Å². The van der Waals surface area contributed by atoms with E-state index in [4.69, 9.17) is 9.47 Å². The Labute approximate surface area is 159 Å². The van der Waals surface area contributed by atoms with Crippen LogP contribution in [-0.2, 0) is 9.53 Å². The number of hydrogen-bond acceptors (Lipinski definition) is 6. The first-order valence-corrected chi connectivity index (χ1v) is 9.63. The first-order chi connectivity index (χ1) is 13.1. The number of methoxy groups -OCH3 is 1. The number of pyridine rings is 1. The Hall–Kier alpha value is -2.18. The minimum absolute atomic E-state index is 0.00577. The van der Waals surface area contributed by atoms with E-state index < -0.39 is 6.10 Å². The maximum atomic E-state index is 12.2. The summed E-state index contributed by atoms with van der Waals surface area (Å²) in [5.74, 6) is 0.851. The molecule has 3 aliphatic heterocycles. The molecule has 6 heteroatoms. The molecule has 0 amide bonds. The van der Waals surface area contributed by atoms with Gasteiger partial charge < -0.3 is 14.6 Å². The second-order valence-corrected chi connectivity index (χ2v) is 7.43. The van der Waals surface area contributed by atoms with E-state index in [-0.39, 0.29) is 23.8 Å². The van der Waals surface area contributed by atoms with Crippen molar-refractivity contribution in [2.45, 2.75) is 31.9 Å². The maximum absolute atomic E-state index is 12.2. The zero-order valence-corrected chi connectivity index (χ0v) is 15.8. The number of ether oxygens (including phenoxy) is 2. The van der Waals surface area contributed by atoms with E-state index >= 15 is 0 Å². The smallest absolute Gasteiger partial charge is 0.310 e. The molecule has 0 aliphatic carbocycles. The number of fused-ring (bicyclic) bond motifs is 4. The fraction of sp³-hybridized carbons (Fsp3) is 0.524. The van der Waals surface area contributed by atoms with Crippen LogP contribution in [0.3, 0.4) is 0 Å². The Balaban J connectivity index is 1.60. The number of aliphatic hydroxyl groups excluding tert-OH is 1. The van der Waals surface area contributed by atoms with E-state index in [1.807, 2.05) is 31.2 Å². The molecule has 0 spiro atoms. The number of carbonyl (C=O) groups is 1. The number of benzene rings is 1. The van der Waals surface area contributed by atoms with E-state index in [0.717, 1.165) is 41.6 Å². The molecular weight excluding hydrogens is 344 g/mol. The van der Waals surface area contributed by atoms with Gasteiger partial charge in [-0.05, 0) is 62.1 Å². The average Bonchev–Trinajstić information content (AvgIpc) is 2.72. The Morgan fingerprint density at radius 2 is 2.26 bits per heavy atom. The molecule has 2 bridgehead atoms. The summed E-state index contributed by atoms with van der Waals surface area (Å²) in [6.45, 7) is 3.83. The van der Waals surface area contributed by atoms with Crippen molar-refractivity contribution in [3.05, 3.63) is 36.0 Å². The zero-order valence-electron chi connectivity index (χ0n) is 15.8. The standard InChI is InChI=1S/C21H26N2O4/c1-3-27-21(25)17-12-23-9-7-13(17)10-19(23)20(24)15-6-8-22-18-5-4-14(26-2)11-16(15)18/h4-6,8,11,13,17,19-20,24H,3,7,9-10,12H2,1-2H3/t13-,17-,19-,20+/m0/s1. The zero-order chi connectivity index (χ0) is 19.0. The summed E-state index contributed by atoms with van der Waals surface area (Å²) in [6, 6.07) is 7.61. The monoisotopic (exact) mass is 370 g/mol. The number of aliphatic hydroxyl groups is 1. The van der Waals surface area contributed by atoms with Gasteiger partial charge in [0, 0.05) is 24.2 Å². The van der Waals surface area contributed by atoms with Crippen molar-refractivity contribution in [3.63, 3.8) is 0 Å². The summed E-state index contributed by atoms with van der Waals surface area (Å²) < 4.78 is 10.6. The lowest BCUT2D eigenvalue weighted by molar-refractivity contribution is -0.158. The van der Waals surface area contributed by atoms with Crippen molar-refractivity contribution in [2.24, 2.45) is 11.8 Å². The van der Waals surface area contributed by atoms with Crippen molar-refractivity contribution >= 4 is 16.9 Å². The molecule has 6 nitrogen and oxygen atoms in total. The Bertz CT molecular complexity index is 840. The highest BCUT2D eigenvalue weighted by Crippen LogP contribution is 2.42. The summed E-state index contributed by atoms with van der Waals surface area (Å²) in [6.07, 6.45) is 2.90. The van der Waals surface area contributed by atoms with Crippen LogP contribution in [0.25, 0.3) is 10.9 Å². The number of esters is 1. The van der Waals surface area contributed by atoms with Crippen molar-refractivity contribution in [1.29, 1.82) is 0 Å². The van der Waals surface area contributed by atoms with Crippen molar-refractivity contribution in [1.82, 2.24) is 9.88 Å². The SMILES string of the molecule is CCOC(=O)[C@H]1CN2CC[C@H]1C[C@H]2[C@H](O)c1ccnc2ccc(OC)cc12. The van der Waals surface area contributed by atoms with Gasteiger partial charge in [-0.25, -0.2) is 0 Å². The third-order valence-electron chi connectivity index (χ3n) is 6.06. The predicted octanol–water partition coefficient (Wildman–Crippen LogP) is 2.55. The molecule has 1 N–H and O–H groups in total. The Morgan fingerprint density at radius 1 is 1.41 bits per heavy atom. The fourth-order valence-electron chi connectivity index (χ4n) is 4.65. The average molecular weight is 370 g/mol. The molecule has 3 saturated heterocycles. The molecule has 3 fully saturated rings. The van der Waals surface area contributed by atoms with Gasteiger partial charge in [-0.1, -0.05) is 0 Å². The van der Waals surface area contributed by atoms with E-state index in [2.05, 4.69) is 9.88 Å². The molecule has 0 saturated carbocycles. The van der Waals surface area contributed by atoms with Crippen LogP contribution in [0, 0.1) is 11.8 Å². The van der Waals surface area contributed by atoms with Crippen LogP contribution in [0.1, 0.15) is 31.4 Å². The number of aromatic nitrogens is 1. The molecule has 27 heavy (non-hydrogen) atoms. The molecule has 5 rings (SSSR count). The van der Waals surface area contributed by atoms with Gasteiger partial charge in [-0.3, -0.25) is 14.7 Å². The van der Waals surface area contributed by atoms with Crippen molar-refractivity contribution in [3.8, 4) is 5.75 Å². The van der Waals surface area contributed by atoms with Crippen LogP contribution in [0.4, 0.5) is 0 Å². The minimum Gasteiger partial charge on any atom is -0.497 e. The lowest BCUT2D eigenvalue weighted by atomic mass is 9.73. The number of piperidine rings is 3. The highest BCUT2D eigenvalue weighted by atomic mass is 16.5. The Kier molecular flexibility index (Phi) is 5.02. The van der Waals surface area contributed by atoms with Gasteiger partial charge >= 0.3 is 5.97 Å². The van der Waals surface area contributed by atoms with Crippen LogP contribution in [0.2, 0.25) is 0 Å². The van der Waals surface area contributed by atoms with E-state index in [1.165, 1.54) is 0 Å². The first kappa shape index (κ1) is 18.2. The second-order valence-electron chi connectivity index (χ2n) is 7.43. The topological polar surface area (TPSA) is 71.9 Å². The van der Waals surface area contributed by atoms with Crippen LogP contribution in [-0.4, -0.2) is 53.8 Å². The molecule has 1 aromatic carbocycles. The molecule has 5 atom stereocenters. The minimum atomic E-state index is -0.631. The van der Waals surface area contributed by atoms with Gasteiger partial charge in [-0.15, -0.1) is 0 Å².